The summed E-state index contributed by atoms with van der Waals surface area (Å²) in [6, 6.07) is 46.8. The fraction of sp³-hybridized carbons (Fsp3) is 0.100. The monoisotopic (exact) mass is 1160 g/mol. The minimum Gasteiger partial charge on any atom is -0.508 e. The molecule has 0 saturated carbocycles. The number of hydrogen-bond acceptors (Lipinski definition) is 16. The molecule has 20 heteroatoms. The zero-order valence-corrected chi connectivity index (χ0v) is 45.7. The first kappa shape index (κ1) is 57.4. The fourth-order valence-corrected chi connectivity index (χ4v) is 12.4. The number of benzene rings is 8. The summed E-state index contributed by atoms with van der Waals surface area (Å²) in [6.45, 7) is 1.13. The van der Waals surface area contributed by atoms with E-state index in [1.165, 1.54) is 121 Å². The molecular formula is C60H52O16S4. The molecule has 80 heavy (non-hydrogen) atoms. The van der Waals surface area contributed by atoms with Crippen molar-refractivity contribution < 1.29 is 72.3 Å². The van der Waals surface area contributed by atoms with Crippen LogP contribution in [0.5, 0.6) is 46.0 Å². The lowest BCUT2D eigenvalue weighted by atomic mass is 10.3. The van der Waals surface area contributed by atoms with Crippen LogP contribution in [0.15, 0.2) is 270 Å². The Morgan fingerprint density at radius 1 is 0.225 bits per heavy atom. The molecule has 0 radical (unpaired) electrons. The van der Waals surface area contributed by atoms with E-state index in [4.69, 9.17) is 28.4 Å². The molecule has 0 unspecified atom stereocenters. The highest BCUT2D eigenvalue weighted by molar-refractivity contribution is 7.92. The van der Waals surface area contributed by atoms with Gasteiger partial charge in [0.05, 0.1) is 39.2 Å². The summed E-state index contributed by atoms with van der Waals surface area (Å²) in [5, 5.41) is 18.9. The van der Waals surface area contributed by atoms with Crippen LogP contribution >= 0.6 is 0 Å². The van der Waals surface area contributed by atoms with Gasteiger partial charge in [0, 0.05) is 0 Å². The first-order valence-electron chi connectivity index (χ1n) is 24.4. The van der Waals surface area contributed by atoms with E-state index in [-0.39, 0.29) is 90.3 Å². The van der Waals surface area contributed by atoms with Crippen molar-refractivity contribution in [3.05, 3.63) is 231 Å². The second-order valence-electron chi connectivity index (χ2n) is 17.1. The van der Waals surface area contributed by atoms with E-state index in [9.17, 15) is 43.9 Å². The van der Waals surface area contributed by atoms with Gasteiger partial charge >= 0.3 is 0 Å². The summed E-state index contributed by atoms with van der Waals surface area (Å²) >= 11 is 0. The zero-order chi connectivity index (χ0) is 56.6. The Bertz CT molecular complexity index is 3630. The molecule has 0 saturated heterocycles. The number of aromatic hydroxyl groups is 2. The van der Waals surface area contributed by atoms with E-state index < -0.39 is 39.3 Å². The maximum atomic E-state index is 13.3. The molecule has 0 aromatic heterocycles. The highest BCUT2D eigenvalue weighted by Crippen LogP contribution is 2.29. The number of ether oxygens (including phenoxy) is 6. The number of phenolic OH excluding ortho intramolecular Hbond substituents is 2. The third-order valence-electron chi connectivity index (χ3n) is 11.7. The Morgan fingerprint density at radius 2 is 0.350 bits per heavy atom. The minimum atomic E-state index is -3.83. The molecule has 412 valence electrons. The standard InChI is InChI=1S/C60H52O16S4/c61-45-7-23-53(24-8-45)77(63,64)55-27-11-47(12-28-55)71-39-1-3-41-73-49-15-31-57(32-16-49)79(67,68)59-35-19-51(20-36-59)75-43-5-6-44-76-52-21-37-60(38-22-52)80(69,70)58-33-17-50(18-34-58)74-42-4-2-40-72-48-13-29-56(30-14-48)78(65,66)54-25-9-46(62)10-26-54/h1-38,61-62H,39-44H2/b3-1+,4-2+,6-5+. The van der Waals surface area contributed by atoms with Crippen molar-refractivity contribution in [3.63, 3.8) is 0 Å². The van der Waals surface area contributed by atoms with Crippen molar-refractivity contribution in [3.8, 4) is 46.0 Å². The second kappa shape index (κ2) is 26.2. The van der Waals surface area contributed by atoms with Gasteiger partial charge in [0.1, 0.15) is 85.6 Å². The van der Waals surface area contributed by atoms with E-state index in [0.717, 1.165) is 0 Å². The van der Waals surface area contributed by atoms with Gasteiger partial charge in [-0.15, -0.1) is 0 Å². The van der Waals surface area contributed by atoms with Gasteiger partial charge in [-0.3, -0.25) is 0 Å². The predicted octanol–water partition coefficient (Wildman–Crippen LogP) is 10.5. The summed E-state index contributed by atoms with van der Waals surface area (Å²) in [6.07, 6.45) is 10.4. The van der Waals surface area contributed by atoms with E-state index in [1.54, 1.807) is 109 Å². The third-order valence-corrected chi connectivity index (χ3v) is 18.8. The minimum absolute atomic E-state index is 0.0294. The first-order valence-corrected chi connectivity index (χ1v) is 30.3. The average molecular weight is 1160 g/mol. The zero-order valence-electron chi connectivity index (χ0n) is 42.4. The number of sulfone groups is 4. The molecule has 0 fully saturated rings. The maximum Gasteiger partial charge on any atom is 0.206 e. The Hall–Kier alpha value is -8.82. The number of hydrogen-bond donors (Lipinski definition) is 2. The third kappa shape index (κ3) is 15.0. The van der Waals surface area contributed by atoms with E-state index >= 15 is 0 Å². The van der Waals surface area contributed by atoms with E-state index in [2.05, 4.69) is 0 Å². The molecule has 0 bridgehead atoms. The lowest BCUT2D eigenvalue weighted by Crippen LogP contribution is -2.03. The SMILES string of the molecule is O=S(=O)(c1ccc(O)cc1)c1ccc(OC/C=C/COc2ccc(S(=O)(=O)c3ccc(OC/C=C/COc4ccc(S(=O)(=O)c5ccc(OC/C=C/COc6ccc(S(=O)(=O)c7ccc(O)cc7)cc6)cc5)cc4)cc3)cc2)cc1. The van der Waals surface area contributed by atoms with Crippen LogP contribution in [0.1, 0.15) is 0 Å². The van der Waals surface area contributed by atoms with Crippen molar-refractivity contribution in [2.75, 3.05) is 39.6 Å². The topological polar surface area (TPSA) is 232 Å². The van der Waals surface area contributed by atoms with Gasteiger partial charge in [0.15, 0.2) is 0 Å². The molecule has 0 aliphatic rings. The number of rotatable bonds is 26. The van der Waals surface area contributed by atoms with Crippen LogP contribution in [0, 0.1) is 0 Å². The quantitative estimate of drug-likeness (QED) is 0.0480. The first-order chi connectivity index (χ1) is 38.5. The van der Waals surface area contributed by atoms with Crippen LogP contribution in [0.3, 0.4) is 0 Å². The molecule has 2 N–H and O–H groups in total. The Kier molecular flexibility index (Phi) is 18.8. The number of phenols is 2. The largest absolute Gasteiger partial charge is 0.508 e. The lowest BCUT2D eigenvalue weighted by Gasteiger charge is -2.09. The van der Waals surface area contributed by atoms with Crippen LogP contribution in [-0.4, -0.2) is 83.5 Å². The van der Waals surface area contributed by atoms with Crippen molar-refractivity contribution in [1.82, 2.24) is 0 Å². The van der Waals surface area contributed by atoms with Crippen LogP contribution in [0.2, 0.25) is 0 Å². The lowest BCUT2D eigenvalue weighted by molar-refractivity contribution is 0.350. The van der Waals surface area contributed by atoms with Crippen LogP contribution in [-0.2, 0) is 39.3 Å². The van der Waals surface area contributed by atoms with Gasteiger partial charge in [-0.05, 0) is 231 Å². The van der Waals surface area contributed by atoms with Gasteiger partial charge in [-0.25, -0.2) is 33.7 Å². The van der Waals surface area contributed by atoms with E-state index in [0.29, 0.717) is 34.5 Å². The normalized spacial score (nSPS) is 12.2. The van der Waals surface area contributed by atoms with Crippen molar-refractivity contribution in [1.29, 1.82) is 0 Å². The molecule has 8 rings (SSSR count). The fourth-order valence-electron chi connectivity index (χ4n) is 7.36. The van der Waals surface area contributed by atoms with Gasteiger partial charge in [-0.2, -0.15) is 0 Å². The predicted molar refractivity (Wildman–Crippen MR) is 297 cm³/mol. The van der Waals surface area contributed by atoms with Crippen molar-refractivity contribution >= 4 is 39.3 Å². The molecule has 0 amide bonds. The second-order valence-corrected chi connectivity index (χ2v) is 24.9. The molecule has 0 aliphatic carbocycles. The smallest absolute Gasteiger partial charge is 0.206 e. The van der Waals surface area contributed by atoms with Crippen LogP contribution in [0.4, 0.5) is 0 Å². The van der Waals surface area contributed by atoms with Gasteiger partial charge in [0.25, 0.3) is 0 Å². The van der Waals surface area contributed by atoms with Crippen molar-refractivity contribution in [2.24, 2.45) is 0 Å². The Morgan fingerprint density at radius 3 is 0.487 bits per heavy atom. The van der Waals surface area contributed by atoms with Gasteiger partial charge in [-0.1, -0.05) is 0 Å². The summed E-state index contributed by atoms with van der Waals surface area (Å²) in [5.74, 6) is 2.70. The summed E-state index contributed by atoms with van der Waals surface area (Å²) < 4.78 is 139. The molecule has 0 atom stereocenters. The van der Waals surface area contributed by atoms with Crippen LogP contribution in [0.25, 0.3) is 0 Å². The highest BCUT2D eigenvalue weighted by atomic mass is 32.2. The summed E-state index contributed by atoms with van der Waals surface area (Å²) in [5.41, 5.74) is 0. The van der Waals surface area contributed by atoms with Gasteiger partial charge < -0.3 is 38.6 Å². The molecule has 8 aromatic rings. The molecule has 0 heterocycles. The molecule has 8 aromatic carbocycles. The molecular weight excluding hydrogens is 1100 g/mol. The highest BCUT2D eigenvalue weighted by Gasteiger charge is 2.21. The summed E-state index contributed by atoms with van der Waals surface area (Å²) in [4.78, 5) is 0.650. The van der Waals surface area contributed by atoms with Gasteiger partial charge in [0.2, 0.25) is 39.3 Å². The Balaban J connectivity index is 0.696. The maximum absolute atomic E-state index is 13.3. The Labute approximate surface area is 464 Å². The summed E-state index contributed by atoms with van der Waals surface area (Å²) in [7, 11) is -15.2. The molecule has 0 aliphatic heterocycles. The van der Waals surface area contributed by atoms with E-state index in [1.807, 2.05) is 0 Å². The van der Waals surface area contributed by atoms with Crippen molar-refractivity contribution in [2.45, 2.75) is 39.2 Å². The molecule has 16 nitrogen and oxygen atoms in total. The molecule has 0 spiro atoms. The average Bonchev–Trinajstić information content (AvgIpc) is 3.48. The van der Waals surface area contributed by atoms with Crippen LogP contribution < -0.4 is 28.4 Å².